The number of nitro benzene ring substituents is 1. The highest BCUT2D eigenvalue weighted by Gasteiger charge is 2.35. The number of fused-ring (bicyclic) bond motifs is 1. The number of non-ortho nitro benzene ring substituents is 1. The highest BCUT2D eigenvalue weighted by Crippen LogP contribution is 2.37. The van der Waals surface area contributed by atoms with Gasteiger partial charge in [-0.15, -0.1) is 0 Å². The minimum Gasteiger partial charge on any atom is -0.465 e. The van der Waals surface area contributed by atoms with Gasteiger partial charge in [-0.1, -0.05) is 60.7 Å². The molecule has 0 saturated carbocycles. The molecule has 1 amide bonds. The molecular formula is C21H16N2O4. The minimum atomic E-state index is -0.604. The number of rotatable bonds is 4. The second-order valence-electron chi connectivity index (χ2n) is 6.24. The third-order valence-electron chi connectivity index (χ3n) is 4.47. The smallest absolute Gasteiger partial charge is 0.270 e. The Morgan fingerprint density at radius 1 is 0.963 bits per heavy atom. The van der Waals surface area contributed by atoms with Crippen molar-refractivity contribution in [1.82, 2.24) is 4.90 Å². The molecule has 6 heteroatoms. The van der Waals surface area contributed by atoms with Crippen LogP contribution in [0.25, 0.3) is 0 Å². The van der Waals surface area contributed by atoms with Crippen LogP contribution in [0, 0.1) is 10.1 Å². The van der Waals surface area contributed by atoms with E-state index in [-0.39, 0.29) is 17.2 Å². The van der Waals surface area contributed by atoms with Gasteiger partial charge in [0.05, 0.1) is 10.5 Å². The Morgan fingerprint density at radius 2 is 1.63 bits per heavy atom. The van der Waals surface area contributed by atoms with E-state index in [2.05, 4.69) is 0 Å². The molecule has 1 unspecified atom stereocenters. The fraction of sp³-hybridized carbons (Fsp3) is 0.0952. The van der Waals surface area contributed by atoms with E-state index >= 15 is 0 Å². The molecule has 1 atom stereocenters. The number of hydrogen-bond donors (Lipinski definition) is 0. The Hall–Kier alpha value is -3.67. The zero-order chi connectivity index (χ0) is 18.8. The monoisotopic (exact) mass is 360 g/mol. The van der Waals surface area contributed by atoms with Crippen LogP contribution >= 0.6 is 0 Å². The van der Waals surface area contributed by atoms with Crippen molar-refractivity contribution in [2.24, 2.45) is 0 Å². The lowest BCUT2D eigenvalue weighted by Crippen LogP contribution is -2.41. The molecule has 0 bridgehead atoms. The molecule has 0 radical (unpaired) electrons. The second kappa shape index (κ2) is 6.92. The van der Waals surface area contributed by atoms with Gasteiger partial charge < -0.3 is 4.74 Å². The average Bonchev–Trinajstić information content (AvgIpc) is 2.71. The number of hydrogen-bond acceptors (Lipinski definition) is 4. The fourth-order valence-corrected chi connectivity index (χ4v) is 3.15. The van der Waals surface area contributed by atoms with Crippen LogP contribution in [0.3, 0.4) is 0 Å². The van der Waals surface area contributed by atoms with Gasteiger partial charge >= 0.3 is 0 Å². The van der Waals surface area contributed by atoms with Crippen LogP contribution in [-0.2, 0) is 6.54 Å². The summed E-state index contributed by atoms with van der Waals surface area (Å²) in [6, 6.07) is 23.1. The van der Waals surface area contributed by atoms with Gasteiger partial charge in [0.2, 0.25) is 6.23 Å². The van der Waals surface area contributed by atoms with Crippen LogP contribution < -0.4 is 4.74 Å². The van der Waals surface area contributed by atoms with Crippen LogP contribution in [0.2, 0.25) is 0 Å². The molecule has 1 aliphatic heterocycles. The van der Waals surface area contributed by atoms with Crippen LogP contribution in [0.15, 0.2) is 78.9 Å². The summed E-state index contributed by atoms with van der Waals surface area (Å²) in [4.78, 5) is 25.4. The normalized spacial score (nSPS) is 15.8. The molecule has 134 valence electrons. The van der Waals surface area contributed by atoms with Gasteiger partial charge in [-0.2, -0.15) is 0 Å². The predicted octanol–water partition coefficient (Wildman–Crippen LogP) is 4.33. The molecule has 27 heavy (non-hydrogen) atoms. The number of amides is 1. The zero-order valence-electron chi connectivity index (χ0n) is 14.3. The molecule has 0 N–H and O–H groups in total. The quantitative estimate of drug-likeness (QED) is 0.513. The summed E-state index contributed by atoms with van der Waals surface area (Å²) >= 11 is 0. The molecule has 0 aliphatic carbocycles. The second-order valence-corrected chi connectivity index (χ2v) is 6.24. The van der Waals surface area contributed by atoms with Crippen molar-refractivity contribution in [3.05, 3.63) is 106 Å². The summed E-state index contributed by atoms with van der Waals surface area (Å²) in [7, 11) is 0. The van der Waals surface area contributed by atoms with Crippen LogP contribution in [0.5, 0.6) is 5.75 Å². The lowest BCUT2D eigenvalue weighted by molar-refractivity contribution is -0.384. The minimum absolute atomic E-state index is 0.136. The number of carbonyl (C=O) groups is 1. The first-order valence-corrected chi connectivity index (χ1v) is 8.48. The number of carbonyl (C=O) groups excluding carboxylic acids is 1. The molecule has 1 aliphatic rings. The highest BCUT2D eigenvalue weighted by atomic mass is 16.6. The van der Waals surface area contributed by atoms with Gasteiger partial charge in [-0.3, -0.25) is 19.8 Å². The number of benzene rings is 3. The van der Waals surface area contributed by atoms with E-state index in [0.717, 1.165) is 11.1 Å². The average molecular weight is 360 g/mol. The van der Waals surface area contributed by atoms with Crippen molar-refractivity contribution in [3.63, 3.8) is 0 Å². The summed E-state index contributed by atoms with van der Waals surface area (Å²) in [5, 5.41) is 11.1. The summed E-state index contributed by atoms with van der Waals surface area (Å²) in [5.74, 6) is 0.0569. The van der Waals surface area contributed by atoms with E-state index in [9.17, 15) is 14.9 Å². The molecule has 3 aromatic carbocycles. The van der Waals surface area contributed by atoms with Crippen LogP contribution in [-0.4, -0.2) is 15.7 Å². The molecule has 0 saturated heterocycles. The largest absolute Gasteiger partial charge is 0.465 e. The molecule has 1 heterocycles. The maximum Gasteiger partial charge on any atom is 0.270 e. The molecule has 0 fully saturated rings. The highest BCUT2D eigenvalue weighted by molar-refractivity contribution is 5.98. The number of ether oxygens (including phenoxy) is 1. The van der Waals surface area contributed by atoms with Gasteiger partial charge in [-0.25, -0.2) is 0 Å². The maximum absolute atomic E-state index is 13.2. The van der Waals surface area contributed by atoms with Gasteiger partial charge in [0.1, 0.15) is 5.75 Å². The lowest BCUT2D eigenvalue weighted by Gasteiger charge is -2.37. The third-order valence-corrected chi connectivity index (χ3v) is 4.47. The van der Waals surface area contributed by atoms with Crippen molar-refractivity contribution < 1.29 is 14.5 Å². The summed E-state index contributed by atoms with van der Waals surface area (Å²) in [6.07, 6.45) is -0.604. The first-order chi connectivity index (χ1) is 13.1. The van der Waals surface area contributed by atoms with Crippen molar-refractivity contribution >= 4 is 11.6 Å². The first kappa shape index (κ1) is 16.8. The molecule has 6 nitrogen and oxygen atoms in total. The topological polar surface area (TPSA) is 72.7 Å². The fourth-order valence-electron chi connectivity index (χ4n) is 3.15. The van der Waals surface area contributed by atoms with Crippen molar-refractivity contribution in [2.75, 3.05) is 0 Å². The molecular weight excluding hydrogens is 344 g/mol. The maximum atomic E-state index is 13.2. The Bertz CT molecular complexity index is 990. The first-order valence-electron chi connectivity index (χ1n) is 8.48. The Labute approximate surface area is 155 Å². The van der Waals surface area contributed by atoms with E-state index in [0.29, 0.717) is 12.3 Å². The molecule has 3 aromatic rings. The van der Waals surface area contributed by atoms with E-state index in [4.69, 9.17) is 4.74 Å². The third kappa shape index (κ3) is 3.25. The van der Waals surface area contributed by atoms with Crippen molar-refractivity contribution in [3.8, 4) is 5.75 Å². The van der Waals surface area contributed by atoms with Gasteiger partial charge in [-0.05, 0) is 11.6 Å². The van der Waals surface area contributed by atoms with E-state index in [1.807, 2.05) is 60.7 Å². The number of nitro groups is 1. The Balaban J connectivity index is 1.78. The van der Waals surface area contributed by atoms with Crippen molar-refractivity contribution in [2.45, 2.75) is 12.8 Å². The molecule has 0 aromatic heterocycles. The van der Waals surface area contributed by atoms with Gasteiger partial charge in [0.25, 0.3) is 11.6 Å². The molecule has 0 spiro atoms. The number of nitrogens with zero attached hydrogens (tertiary/aromatic N) is 2. The van der Waals surface area contributed by atoms with E-state index < -0.39 is 11.2 Å². The zero-order valence-corrected chi connectivity index (χ0v) is 14.3. The van der Waals surface area contributed by atoms with Gasteiger partial charge in [0.15, 0.2) is 0 Å². The van der Waals surface area contributed by atoms with E-state index in [1.54, 1.807) is 4.90 Å². The lowest BCUT2D eigenvalue weighted by atomic mass is 10.1. The van der Waals surface area contributed by atoms with Gasteiger partial charge in [0, 0.05) is 24.2 Å². The Morgan fingerprint density at radius 3 is 2.30 bits per heavy atom. The molecule has 4 rings (SSSR count). The van der Waals surface area contributed by atoms with Crippen LogP contribution in [0.1, 0.15) is 27.7 Å². The van der Waals surface area contributed by atoms with E-state index in [1.165, 1.54) is 18.2 Å². The summed E-state index contributed by atoms with van der Waals surface area (Å²) < 4.78 is 6.09. The summed E-state index contributed by atoms with van der Waals surface area (Å²) in [6.45, 7) is 0.335. The summed E-state index contributed by atoms with van der Waals surface area (Å²) in [5.41, 5.74) is 1.85. The standard InChI is InChI=1S/C21H16N2O4/c24-20-18-13-17(23(25)26)11-12-19(18)27-21(16-9-5-2-6-10-16)22(20)14-15-7-3-1-4-8-15/h1-13,21H,14H2. The predicted molar refractivity (Wildman–Crippen MR) is 99.2 cm³/mol. The SMILES string of the molecule is O=C1c2cc([N+](=O)[O-])ccc2OC(c2ccccc2)N1Cc1ccccc1. The van der Waals surface area contributed by atoms with Crippen LogP contribution in [0.4, 0.5) is 5.69 Å². The van der Waals surface area contributed by atoms with Crippen molar-refractivity contribution in [1.29, 1.82) is 0 Å². The Kier molecular flexibility index (Phi) is 4.30.